The van der Waals surface area contributed by atoms with Crippen molar-refractivity contribution >= 4 is 17.3 Å². The maximum Gasteiger partial charge on any atom is 0.355 e. The molecule has 0 saturated carbocycles. The van der Waals surface area contributed by atoms with Gasteiger partial charge in [0.2, 0.25) is 0 Å². The summed E-state index contributed by atoms with van der Waals surface area (Å²) >= 11 is 1.51. The predicted octanol–water partition coefficient (Wildman–Crippen LogP) is 2.24. The lowest BCUT2D eigenvalue weighted by Gasteiger charge is -2.03. The summed E-state index contributed by atoms with van der Waals surface area (Å²) in [4.78, 5) is 16.3. The van der Waals surface area contributed by atoms with Crippen LogP contribution in [0.5, 0.6) is 0 Å². The topological polar surface area (TPSA) is 61.9 Å². The maximum atomic E-state index is 11.9. The van der Waals surface area contributed by atoms with E-state index in [0.29, 0.717) is 5.69 Å². The lowest BCUT2D eigenvalue weighted by atomic mass is 10.4. The van der Waals surface area contributed by atoms with Crippen LogP contribution in [0.15, 0.2) is 36.1 Å². The largest absolute Gasteiger partial charge is 0.454 e. The van der Waals surface area contributed by atoms with Gasteiger partial charge < -0.3 is 9.30 Å². The van der Waals surface area contributed by atoms with Gasteiger partial charge in [-0.3, -0.25) is 4.68 Å². The molecule has 0 N–H and O–H groups in total. The summed E-state index contributed by atoms with van der Waals surface area (Å²) in [6.07, 6.45) is 5.47. The van der Waals surface area contributed by atoms with E-state index < -0.39 is 0 Å². The van der Waals surface area contributed by atoms with Crippen LogP contribution in [0.2, 0.25) is 0 Å². The van der Waals surface area contributed by atoms with Crippen LogP contribution in [-0.4, -0.2) is 25.3 Å². The van der Waals surface area contributed by atoms with Crippen molar-refractivity contribution in [1.82, 2.24) is 19.3 Å². The monoisotopic (exact) mass is 302 g/mol. The third kappa shape index (κ3) is 2.87. The molecule has 0 aliphatic carbocycles. The fourth-order valence-corrected chi connectivity index (χ4v) is 2.70. The summed E-state index contributed by atoms with van der Waals surface area (Å²) in [6.45, 7) is 0.167. The average molecular weight is 302 g/mol. The molecule has 6 nitrogen and oxygen atoms in total. The van der Waals surface area contributed by atoms with Crippen molar-refractivity contribution in [1.29, 1.82) is 0 Å². The van der Waals surface area contributed by atoms with Crippen LogP contribution >= 0.6 is 11.3 Å². The van der Waals surface area contributed by atoms with E-state index in [1.807, 2.05) is 18.6 Å². The quantitative estimate of drug-likeness (QED) is 0.693. The minimum atomic E-state index is -0.349. The third-order valence-electron chi connectivity index (χ3n) is 3.01. The number of thiazole rings is 1. The summed E-state index contributed by atoms with van der Waals surface area (Å²) in [5.41, 5.74) is 2.22. The number of aryl methyl sites for hydroxylation is 2. The molecule has 3 aromatic heterocycles. The highest BCUT2D eigenvalue weighted by Gasteiger charge is 2.12. The molecule has 3 rings (SSSR count). The Morgan fingerprint density at radius 3 is 2.95 bits per heavy atom. The Hall–Kier alpha value is -2.41. The van der Waals surface area contributed by atoms with E-state index >= 15 is 0 Å². The van der Waals surface area contributed by atoms with E-state index in [0.717, 1.165) is 16.3 Å². The second kappa shape index (κ2) is 5.53. The second-order valence-electron chi connectivity index (χ2n) is 4.63. The number of hydrogen-bond donors (Lipinski definition) is 0. The Bertz CT molecular complexity index is 771. The summed E-state index contributed by atoms with van der Waals surface area (Å²) in [5, 5.41) is 6.87. The summed E-state index contributed by atoms with van der Waals surface area (Å²) in [5.74, 6) is -0.349. The Balaban J connectivity index is 1.65. The van der Waals surface area contributed by atoms with E-state index in [1.165, 1.54) is 11.3 Å². The first-order valence-electron chi connectivity index (χ1n) is 6.35. The van der Waals surface area contributed by atoms with Crippen molar-refractivity contribution in [2.24, 2.45) is 14.1 Å². The molecular weight excluding hydrogens is 288 g/mol. The molecule has 0 fully saturated rings. The first kappa shape index (κ1) is 13.6. The van der Waals surface area contributed by atoms with Gasteiger partial charge in [-0.1, -0.05) is 0 Å². The molecule has 0 bridgehead atoms. The molecule has 3 aromatic rings. The lowest BCUT2D eigenvalue weighted by molar-refractivity contribution is 0.0457. The van der Waals surface area contributed by atoms with Gasteiger partial charge in [0, 0.05) is 37.4 Å². The fourth-order valence-electron chi connectivity index (χ4n) is 1.92. The van der Waals surface area contributed by atoms with Gasteiger partial charge in [-0.15, -0.1) is 11.3 Å². The van der Waals surface area contributed by atoms with E-state index in [1.54, 1.807) is 40.8 Å². The Morgan fingerprint density at radius 2 is 2.29 bits per heavy atom. The van der Waals surface area contributed by atoms with Gasteiger partial charge in [0.1, 0.15) is 17.3 Å². The highest BCUT2D eigenvalue weighted by Crippen LogP contribution is 2.23. The molecule has 0 amide bonds. The number of nitrogens with zero attached hydrogens (tertiary/aromatic N) is 4. The van der Waals surface area contributed by atoms with Crippen LogP contribution < -0.4 is 0 Å². The Kier molecular flexibility index (Phi) is 3.57. The van der Waals surface area contributed by atoms with Crippen molar-refractivity contribution in [2.45, 2.75) is 6.61 Å². The highest BCUT2D eigenvalue weighted by atomic mass is 32.1. The lowest BCUT2D eigenvalue weighted by Crippen LogP contribution is -2.09. The molecule has 0 aliphatic rings. The van der Waals surface area contributed by atoms with Crippen LogP contribution in [0.1, 0.15) is 16.2 Å². The molecule has 7 heteroatoms. The van der Waals surface area contributed by atoms with Crippen LogP contribution in [0.4, 0.5) is 0 Å². The molecule has 0 radical (unpaired) electrons. The van der Waals surface area contributed by atoms with Crippen LogP contribution in [-0.2, 0) is 25.4 Å². The van der Waals surface area contributed by atoms with Crippen molar-refractivity contribution in [3.63, 3.8) is 0 Å². The molecule has 0 atom stereocenters. The molecule has 3 heterocycles. The zero-order valence-electron chi connectivity index (χ0n) is 11.7. The van der Waals surface area contributed by atoms with E-state index in [9.17, 15) is 4.79 Å². The molecular formula is C14H14N4O2S. The zero-order chi connectivity index (χ0) is 14.8. The minimum absolute atomic E-state index is 0.167. The van der Waals surface area contributed by atoms with Gasteiger partial charge in [0.15, 0.2) is 0 Å². The number of rotatable bonds is 4. The van der Waals surface area contributed by atoms with Crippen molar-refractivity contribution < 1.29 is 9.53 Å². The van der Waals surface area contributed by atoms with Crippen LogP contribution in [0.25, 0.3) is 10.6 Å². The van der Waals surface area contributed by atoms with Gasteiger partial charge in [-0.05, 0) is 12.1 Å². The average Bonchev–Trinajstić information content (AvgIpc) is 3.16. The smallest absolute Gasteiger partial charge is 0.355 e. The molecule has 0 spiro atoms. The zero-order valence-corrected chi connectivity index (χ0v) is 12.5. The van der Waals surface area contributed by atoms with Gasteiger partial charge in [-0.25, -0.2) is 9.78 Å². The first-order chi connectivity index (χ1) is 10.1. The molecule has 21 heavy (non-hydrogen) atoms. The van der Waals surface area contributed by atoms with Crippen molar-refractivity contribution in [2.75, 3.05) is 0 Å². The first-order valence-corrected chi connectivity index (χ1v) is 7.23. The predicted molar refractivity (Wildman–Crippen MR) is 78.8 cm³/mol. The summed E-state index contributed by atoms with van der Waals surface area (Å²) in [6, 6.07) is 3.53. The molecule has 108 valence electrons. The van der Waals surface area contributed by atoms with Gasteiger partial charge in [0.05, 0.1) is 11.9 Å². The highest BCUT2D eigenvalue weighted by molar-refractivity contribution is 7.13. The minimum Gasteiger partial charge on any atom is -0.454 e. The van der Waals surface area contributed by atoms with E-state index in [4.69, 9.17) is 4.74 Å². The van der Waals surface area contributed by atoms with Gasteiger partial charge in [-0.2, -0.15) is 5.10 Å². The molecule has 0 unspecified atom stereocenters. The number of aromatic nitrogens is 4. The number of hydrogen-bond acceptors (Lipinski definition) is 5. The Labute approximate surface area is 125 Å². The normalized spacial score (nSPS) is 10.8. The SMILES string of the molecule is Cn1cc(-c2nc(COC(=O)c3cccn3C)cs2)cn1. The Morgan fingerprint density at radius 1 is 1.43 bits per heavy atom. The van der Waals surface area contributed by atoms with Gasteiger partial charge in [0.25, 0.3) is 0 Å². The number of esters is 1. The van der Waals surface area contributed by atoms with Crippen molar-refractivity contribution in [3.8, 4) is 10.6 Å². The molecule has 0 aromatic carbocycles. The molecule has 0 saturated heterocycles. The van der Waals surface area contributed by atoms with E-state index in [2.05, 4.69) is 10.1 Å². The second-order valence-corrected chi connectivity index (χ2v) is 5.49. The number of ether oxygens (including phenoxy) is 1. The maximum absolute atomic E-state index is 11.9. The van der Waals surface area contributed by atoms with Gasteiger partial charge >= 0.3 is 5.97 Å². The van der Waals surface area contributed by atoms with Crippen LogP contribution in [0, 0.1) is 0 Å². The van der Waals surface area contributed by atoms with E-state index in [-0.39, 0.29) is 12.6 Å². The standard InChI is InChI=1S/C14H14N4O2S/c1-17-5-3-4-12(17)14(19)20-8-11-9-21-13(16-11)10-6-15-18(2)7-10/h3-7,9H,8H2,1-2H3. The number of carbonyl (C=O) groups is 1. The van der Waals surface area contributed by atoms with Crippen molar-refractivity contribution in [3.05, 3.63) is 47.5 Å². The molecule has 0 aliphatic heterocycles. The van der Waals surface area contributed by atoms with Crippen LogP contribution in [0.3, 0.4) is 0 Å². The fraction of sp³-hybridized carbons (Fsp3) is 0.214. The summed E-state index contributed by atoms with van der Waals surface area (Å²) < 4.78 is 8.73. The summed E-state index contributed by atoms with van der Waals surface area (Å²) in [7, 11) is 3.67. The third-order valence-corrected chi connectivity index (χ3v) is 3.95. The number of carbonyl (C=O) groups excluding carboxylic acids is 1.